The molecule has 1 aliphatic heterocycles. The topological polar surface area (TPSA) is 34.1 Å². The molecule has 16 heavy (non-hydrogen) atoms. The van der Waals surface area contributed by atoms with Crippen molar-refractivity contribution in [3.05, 3.63) is 0 Å². The summed E-state index contributed by atoms with van der Waals surface area (Å²) >= 11 is 0. The molecule has 0 aromatic rings. The van der Waals surface area contributed by atoms with Crippen LogP contribution in [0.5, 0.6) is 0 Å². The highest BCUT2D eigenvalue weighted by Gasteiger charge is 2.79. The molecule has 6 heteroatoms. The first-order valence-electron chi connectivity index (χ1n) is 5.50. The number of halogens is 3. The minimum absolute atomic E-state index is 0.0473. The highest BCUT2D eigenvalue weighted by atomic mass is 32.2. The van der Waals surface area contributed by atoms with Gasteiger partial charge in [0.25, 0.3) is 0 Å². The van der Waals surface area contributed by atoms with Gasteiger partial charge in [0.2, 0.25) is 0 Å². The minimum Gasteiger partial charge on any atom is -0.228 e. The third-order valence-corrected chi connectivity index (χ3v) is 7.74. The Morgan fingerprint density at radius 3 is 2.44 bits per heavy atom. The van der Waals surface area contributed by atoms with Gasteiger partial charge in [0.05, 0.1) is 5.75 Å². The van der Waals surface area contributed by atoms with Crippen molar-refractivity contribution in [3.8, 4) is 0 Å². The minimum atomic E-state index is -4.60. The van der Waals surface area contributed by atoms with Crippen molar-refractivity contribution in [1.82, 2.24) is 0 Å². The Bertz CT molecular complexity index is 441. The van der Waals surface area contributed by atoms with Crippen LogP contribution in [0.4, 0.5) is 13.2 Å². The van der Waals surface area contributed by atoms with Gasteiger partial charge in [-0.05, 0) is 36.5 Å². The fourth-order valence-corrected chi connectivity index (χ4v) is 7.20. The molecule has 3 fully saturated rings. The van der Waals surface area contributed by atoms with Gasteiger partial charge in [-0.25, -0.2) is 8.42 Å². The number of fused-ring (bicyclic) bond motifs is 1. The van der Waals surface area contributed by atoms with Gasteiger partial charge in [-0.1, -0.05) is 6.92 Å². The zero-order chi connectivity index (χ0) is 11.9. The highest BCUT2D eigenvalue weighted by Crippen LogP contribution is 2.68. The van der Waals surface area contributed by atoms with Crippen LogP contribution in [0.1, 0.15) is 19.8 Å². The third-order valence-electron chi connectivity index (χ3n) is 5.10. The molecule has 0 spiro atoms. The van der Waals surface area contributed by atoms with Crippen LogP contribution < -0.4 is 0 Å². The molecule has 0 aromatic carbocycles. The lowest BCUT2D eigenvalue weighted by atomic mass is 9.75. The first-order chi connectivity index (χ1) is 7.21. The van der Waals surface area contributed by atoms with E-state index >= 15 is 0 Å². The molecule has 1 heterocycles. The molecule has 0 radical (unpaired) electrons. The number of sulfone groups is 1. The molecule has 2 bridgehead atoms. The van der Waals surface area contributed by atoms with Crippen molar-refractivity contribution in [2.45, 2.75) is 30.7 Å². The monoisotopic (exact) mass is 254 g/mol. The predicted octanol–water partition coefficient (Wildman–Crippen LogP) is 2.01. The van der Waals surface area contributed by atoms with Gasteiger partial charge in [0.1, 0.15) is 0 Å². The zero-order valence-corrected chi connectivity index (χ0v) is 9.61. The Balaban J connectivity index is 2.20. The Kier molecular flexibility index (Phi) is 1.76. The average molecular weight is 254 g/mol. The Hall–Kier alpha value is -0.260. The molecule has 5 atom stereocenters. The molecule has 5 unspecified atom stereocenters. The standard InChI is InChI=1S/C10H13F3O2S/c1-5-6-2-8-7(5)4-16(14,15)9(8,3-6)10(11,12)13/h5-8H,2-4H2,1H3. The normalized spacial score (nSPS) is 53.5. The lowest BCUT2D eigenvalue weighted by Gasteiger charge is -2.35. The van der Waals surface area contributed by atoms with Crippen molar-refractivity contribution in [1.29, 1.82) is 0 Å². The highest BCUT2D eigenvalue weighted by molar-refractivity contribution is 7.93. The van der Waals surface area contributed by atoms with Crippen LogP contribution in [0.15, 0.2) is 0 Å². The molecule has 92 valence electrons. The Morgan fingerprint density at radius 1 is 1.31 bits per heavy atom. The van der Waals surface area contributed by atoms with E-state index in [1.165, 1.54) is 0 Å². The zero-order valence-electron chi connectivity index (χ0n) is 8.79. The summed E-state index contributed by atoms with van der Waals surface area (Å²) in [6.07, 6.45) is -4.34. The maximum atomic E-state index is 13.1. The maximum absolute atomic E-state index is 13.1. The Morgan fingerprint density at radius 2 is 1.94 bits per heavy atom. The van der Waals surface area contributed by atoms with Crippen molar-refractivity contribution in [2.24, 2.45) is 23.7 Å². The van der Waals surface area contributed by atoms with Gasteiger partial charge in [-0.2, -0.15) is 13.2 Å². The van der Waals surface area contributed by atoms with Gasteiger partial charge in [-0.15, -0.1) is 0 Å². The smallest absolute Gasteiger partial charge is 0.228 e. The van der Waals surface area contributed by atoms with Crippen LogP contribution >= 0.6 is 0 Å². The van der Waals surface area contributed by atoms with Gasteiger partial charge >= 0.3 is 6.18 Å². The summed E-state index contributed by atoms with van der Waals surface area (Å²) in [5.74, 6) is -1.09. The first-order valence-corrected chi connectivity index (χ1v) is 7.15. The SMILES string of the molecule is CC1C2CC3C1CS(=O)(=O)C3(C(F)(F)F)C2. The van der Waals surface area contributed by atoms with E-state index in [4.69, 9.17) is 0 Å². The average Bonchev–Trinajstić information content (AvgIpc) is 2.66. The summed E-state index contributed by atoms with van der Waals surface area (Å²) in [6.45, 7) is 1.90. The Labute approximate surface area is 92.1 Å². The summed E-state index contributed by atoms with van der Waals surface area (Å²) in [5, 5.41) is 0. The van der Waals surface area contributed by atoms with Crippen molar-refractivity contribution in [2.75, 3.05) is 5.75 Å². The molecule has 2 saturated carbocycles. The van der Waals surface area contributed by atoms with E-state index in [9.17, 15) is 21.6 Å². The molecule has 0 N–H and O–H groups in total. The lowest BCUT2D eigenvalue weighted by molar-refractivity contribution is -0.175. The molecular formula is C10H13F3O2S. The van der Waals surface area contributed by atoms with E-state index in [0.717, 1.165) is 0 Å². The summed E-state index contributed by atoms with van der Waals surface area (Å²) in [5.41, 5.74) is 0. The van der Waals surface area contributed by atoms with E-state index in [2.05, 4.69) is 0 Å². The summed E-state index contributed by atoms with van der Waals surface area (Å²) in [7, 11) is -4.01. The fraction of sp³-hybridized carbons (Fsp3) is 1.00. The molecular weight excluding hydrogens is 241 g/mol. The van der Waals surface area contributed by atoms with Crippen LogP contribution in [0, 0.1) is 23.7 Å². The van der Waals surface area contributed by atoms with Crippen molar-refractivity contribution in [3.63, 3.8) is 0 Å². The number of hydrogen-bond acceptors (Lipinski definition) is 2. The van der Waals surface area contributed by atoms with E-state index in [-0.39, 0.29) is 29.9 Å². The summed E-state index contributed by atoms with van der Waals surface area (Å²) in [4.78, 5) is 0. The molecule has 3 aliphatic rings. The van der Waals surface area contributed by atoms with E-state index in [1.807, 2.05) is 6.92 Å². The van der Waals surface area contributed by atoms with Crippen LogP contribution in [-0.2, 0) is 9.84 Å². The van der Waals surface area contributed by atoms with E-state index in [1.54, 1.807) is 0 Å². The van der Waals surface area contributed by atoms with Crippen LogP contribution in [-0.4, -0.2) is 25.1 Å². The van der Waals surface area contributed by atoms with Gasteiger partial charge in [0.15, 0.2) is 14.6 Å². The quantitative estimate of drug-likeness (QED) is 0.662. The number of hydrogen-bond donors (Lipinski definition) is 0. The fourth-order valence-electron chi connectivity index (χ4n) is 4.31. The molecule has 0 aromatic heterocycles. The largest absolute Gasteiger partial charge is 0.408 e. The summed E-state index contributed by atoms with van der Waals surface area (Å²) < 4.78 is 60.8. The van der Waals surface area contributed by atoms with Crippen LogP contribution in [0.2, 0.25) is 0 Å². The molecule has 0 amide bonds. The van der Waals surface area contributed by atoms with E-state index in [0.29, 0.717) is 6.42 Å². The van der Waals surface area contributed by atoms with Gasteiger partial charge < -0.3 is 0 Å². The van der Waals surface area contributed by atoms with Crippen LogP contribution in [0.25, 0.3) is 0 Å². The third kappa shape index (κ3) is 0.901. The van der Waals surface area contributed by atoms with E-state index < -0.39 is 26.7 Å². The van der Waals surface area contributed by atoms with Crippen molar-refractivity contribution < 1.29 is 21.6 Å². The predicted molar refractivity (Wildman–Crippen MR) is 51.4 cm³/mol. The molecule has 1 saturated heterocycles. The maximum Gasteiger partial charge on any atom is 0.408 e. The molecule has 3 rings (SSSR count). The van der Waals surface area contributed by atoms with Gasteiger partial charge in [-0.3, -0.25) is 0 Å². The molecule has 2 aliphatic carbocycles. The lowest BCUT2D eigenvalue weighted by Crippen LogP contribution is -2.52. The van der Waals surface area contributed by atoms with Gasteiger partial charge in [0, 0.05) is 0 Å². The van der Waals surface area contributed by atoms with Crippen molar-refractivity contribution >= 4 is 9.84 Å². The second kappa shape index (κ2) is 2.60. The molecule has 2 nitrogen and oxygen atoms in total. The first kappa shape index (κ1) is 10.9. The number of alkyl halides is 3. The van der Waals surface area contributed by atoms with Crippen LogP contribution in [0.3, 0.4) is 0 Å². The summed E-state index contributed by atoms with van der Waals surface area (Å²) in [6, 6.07) is 0. The second-order valence-corrected chi connectivity index (χ2v) is 7.79. The second-order valence-electron chi connectivity index (χ2n) is 5.50. The number of rotatable bonds is 0.